The molecule has 1 aliphatic heterocycles. The number of rotatable bonds is 8. The summed E-state index contributed by atoms with van der Waals surface area (Å²) < 4.78 is 13.5. The first-order chi connectivity index (χ1) is 16.6. The molecule has 5 rings (SSSR count). The van der Waals surface area contributed by atoms with Gasteiger partial charge >= 0.3 is 0 Å². The molecule has 170 valence electrons. The predicted molar refractivity (Wildman–Crippen MR) is 132 cm³/mol. The van der Waals surface area contributed by atoms with Crippen LogP contribution in [0, 0.1) is 0 Å². The molecule has 6 nitrogen and oxygen atoms in total. The summed E-state index contributed by atoms with van der Waals surface area (Å²) in [7, 11) is 0. The molecule has 0 saturated carbocycles. The van der Waals surface area contributed by atoms with Crippen LogP contribution >= 0.6 is 0 Å². The van der Waals surface area contributed by atoms with Crippen LogP contribution in [0.3, 0.4) is 0 Å². The minimum absolute atomic E-state index is 0.0157. The zero-order chi connectivity index (χ0) is 23.5. The summed E-state index contributed by atoms with van der Waals surface area (Å²) in [6.07, 6.45) is 3.55. The van der Waals surface area contributed by atoms with Crippen LogP contribution in [0.25, 0.3) is 10.9 Å². The number of Topliss-reactive ketones (excluding diaryl/α,β-unsaturated/α-hetero) is 1. The molecule has 1 aromatic heterocycles. The molecule has 0 spiro atoms. The quantitative estimate of drug-likeness (QED) is 0.278. The Balaban J connectivity index is 1.37. The van der Waals surface area contributed by atoms with E-state index in [1.807, 2.05) is 65.4 Å². The highest BCUT2D eigenvalue weighted by atomic mass is 16.5. The van der Waals surface area contributed by atoms with Crippen LogP contribution in [-0.2, 0) is 17.9 Å². The minimum atomic E-state index is -0.156. The van der Waals surface area contributed by atoms with E-state index < -0.39 is 0 Å². The predicted octanol–water partition coefficient (Wildman–Crippen LogP) is 5.01. The second kappa shape index (κ2) is 9.27. The summed E-state index contributed by atoms with van der Waals surface area (Å²) in [6.45, 7) is 4.71. The summed E-state index contributed by atoms with van der Waals surface area (Å²) in [5.41, 5.74) is 3.12. The molecule has 0 saturated heterocycles. The van der Waals surface area contributed by atoms with Crippen molar-refractivity contribution in [1.82, 2.24) is 4.57 Å². The van der Waals surface area contributed by atoms with E-state index in [9.17, 15) is 9.59 Å². The Morgan fingerprint density at radius 2 is 1.91 bits per heavy atom. The van der Waals surface area contributed by atoms with Gasteiger partial charge in [-0.05, 0) is 42.0 Å². The van der Waals surface area contributed by atoms with Crippen molar-refractivity contribution < 1.29 is 19.1 Å². The van der Waals surface area contributed by atoms with E-state index in [0.717, 1.165) is 22.2 Å². The normalized spacial score (nSPS) is 12.8. The molecular weight excluding hydrogens is 428 g/mol. The summed E-state index contributed by atoms with van der Waals surface area (Å²) in [6, 6.07) is 23.0. The fourth-order valence-electron chi connectivity index (χ4n) is 4.15. The molecule has 2 heterocycles. The maximum absolute atomic E-state index is 13.2. The molecule has 0 fully saturated rings. The fraction of sp³-hybridized carbons (Fsp3) is 0.143. The van der Waals surface area contributed by atoms with Crippen LogP contribution in [0.1, 0.15) is 15.9 Å². The number of nitrogens with zero attached hydrogens (tertiary/aromatic N) is 2. The molecule has 4 aromatic rings. The second-order valence-electron chi connectivity index (χ2n) is 8.09. The van der Waals surface area contributed by atoms with E-state index >= 15 is 0 Å². The van der Waals surface area contributed by atoms with Crippen molar-refractivity contribution in [3.8, 4) is 11.5 Å². The van der Waals surface area contributed by atoms with Crippen molar-refractivity contribution in [3.05, 3.63) is 103 Å². The Hall–Kier alpha value is -4.32. The van der Waals surface area contributed by atoms with Gasteiger partial charge in [-0.3, -0.25) is 9.59 Å². The number of benzene rings is 3. The SMILES string of the molecule is C=CCN1C(=O)COc2ccc(C(=O)Cn3ccc4c(OCc5ccccc5)cccc43)cc21. The van der Waals surface area contributed by atoms with Gasteiger partial charge < -0.3 is 18.9 Å². The molecule has 0 atom stereocenters. The van der Waals surface area contributed by atoms with Gasteiger partial charge in [0.05, 0.1) is 17.7 Å². The molecule has 0 radical (unpaired) electrons. The topological polar surface area (TPSA) is 60.8 Å². The van der Waals surface area contributed by atoms with Gasteiger partial charge in [0.2, 0.25) is 0 Å². The molecule has 0 unspecified atom stereocenters. The Labute approximate surface area is 197 Å². The van der Waals surface area contributed by atoms with Crippen molar-refractivity contribution in [2.24, 2.45) is 0 Å². The van der Waals surface area contributed by atoms with E-state index in [1.165, 1.54) is 0 Å². The Kier molecular flexibility index (Phi) is 5.87. The number of ketones is 1. The third-order valence-corrected chi connectivity index (χ3v) is 5.86. The number of hydrogen-bond donors (Lipinski definition) is 0. The lowest BCUT2D eigenvalue weighted by Gasteiger charge is -2.28. The number of fused-ring (bicyclic) bond motifs is 2. The Morgan fingerprint density at radius 1 is 1.06 bits per heavy atom. The van der Waals surface area contributed by atoms with Crippen molar-refractivity contribution in [1.29, 1.82) is 0 Å². The van der Waals surface area contributed by atoms with E-state index in [0.29, 0.717) is 30.2 Å². The van der Waals surface area contributed by atoms with Crippen molar-refractivity contribution in [3.63, 3.8) is 0 Å². The zero-order valence-corrected chi connectivity index (χ0v) is 18.6. The number of carbonyl (C=O) groups excluding carboxylic acids is 2. The molecule has 0 aliphatic carbocycles. The van der Waals surface area contributed by atoms with E-state index in [-0.39, 0.29) is 24.8 Å². The molecule has 3 aromatic carbocycles. The maximum Gasteiger partial charge on any atom is 0.265 e. The van der Waals surface area contributed by atoms with Gasteiger partial charge in [0.1, 0.15) is 18.1 Å². The number of anilines is 1. The molecule has 1 amide bonds. The summed E-state index contributed by atoms with van der Waals surface area (Å²) >= 11 is 0. The summed E-state index contributed by atoms with van der Waals surface area (Å²) in [5, 5.41) is 0.952. The number of ether oxygens (including phenoxy) is 2. The highest BCUT2D eigenvalue weighted by Crippen LogP contribution is 2.33. The first-order valence-electron chi connectivity index (χ1n) is 11.1. The van der Waals surface area contributed by atoms with Crippen LogP contribution in [0.5, 0.6) is 11.5 Å². The molecule has 34 heavy (non-hydrogen) atoms. The van der Waals surface area contributed by atoms with Gasteiger partial charge in [-0.25, -0.2) is 0 Å². The van der Waals surface area contributed by atoms with E-state index in [1.54, 1.807) is 29.2 Å². The lowest BCUT2D eigenvalue weighted by molar-refractivity contribution is -0.121. The summed E-state index contributed by atoms with van der Waals surface area (Å²) in [5.74, 6) is 1.14. The smallest absolute Gasteiger partial charge is 0.265 e. The molecule has 6 heteroatoms. The molecule has 0 bridgehead atoms. The minimum Gasteiger partial charge on any atom is -0.488 e. The van der Waals surface area contributed by atoms with Gasteiger partial charge in [-0.2, -0.15) is 0 Å². The Morgan fingerprint density at radius 3 is 2.74 bits per heavy atom. The molecule has 0 N–H and O–H groups in total. The van der Waals surface area contributed by atoms with Crippen LogP contribution in [0.15, 0.2) is 91.6 Å². The third-order valence-electron chi connectivity index (χ3n) is 5.86. The standard InChI is InChI=1S/C28H24N2O4/c1-2-14-30-24-16-21(11-12-27(24)34-19-28(30)32)25(31)17-29-15-13-22-23(29)9-6-10-26(22)33-18-20-7-4-3-5-8-20/h2-13,15-16H,1,14,17-19H2. The van der Waals surface area contributed by atoms with Crippen molar-refractivity contribution in [2.75, 3.05) is 18.1 Å². The van der Waals surface area contributed by atoms with Gasteiger partial charge in [-0.15, -0.1) is 6.58 Å². The molecule has 1 aliphatic rings. The lowest BCUT2D eigenvalue weighted by atomic mass is 10.1. The van der Waals surface area contributed by atoms with Crippen molar-refractivity contribution in [2.45, 2.75) is 13.2 Å². The highest BCUT2D eigenvalue weighted by molar-refractivity contribution is 6.02. The van der Waals surface area contributed by atoms with Gasteiger partial charge in [-0.1, -0.05) is 42.5 Å². The van der Waals surface area contributed by atoms with Crippen LogP contribution in [0.2, 0.25) is 0 Å². The average molecular weight is 453 g/mol. The largest absolute Gasteiger partial charge is 0.488 e. The number of carbonyl (C=O) groups is 2. The number of hydrogen-bond acceptors (Lipinski definition) is 4. The highest BCUT2D eigenvalue weighted by Gasteiger charge is 2.25. The number of aromatic nitrogens is 1. The Bertz CT molecular complexity index is 1370. The third kappa shape index (κ3) is 4.18. The average Bonchev–Trinajstić information content (AvgIpc) is 3.28. The van der Waals surface area contributed by atoms with Crippen LogP contribution in [0.4, 0.5) is 5.69 Å². The van der Waals surface area contributed by atoms with Crippen molar-refractivity contribution >= 4 is 28.3 Å². The summed E-state index contributed by atoms with van der Waals surface area (Å²) in [4.78, 5) is 27.0. The molecular formula is C28H24N2O4. The van der Waals surface area contributed by atoms with E-state index in [2.05, 4.69) is 6.58 Å². The fourth-order valence-corrected chi connectivity index (χ4v) is 4.15. The van der Waals surface area contributed by atoms with Gasteiger partial charge in [0, 0.05) is 23.7 Å². The van der Waals surface area contributed by atoms with E-state index in [4.69, 9.17) is 9.47 Å². The van der Waals surface area contributed by atoms with Crippen LogP contribution in [-0.4, -0.2) is 29.4 Å². The maximum atomic E-state index is 13.2. The lowest BCUT2D eigenvalue weighted by Crippen LogP contribution is -2.38. The monoisotopic (exact) mass is 452 g/mol. The van der Waals surface area contributed by atoms with Gasteiger partial charge in [0.25, 0.3) is 5.91 Å². The zero-order valence-electron chi connectivity index (χ0n) is 18.6. The number of amides is 1. The van der Waals surface area contributed by atoms with Crippen LogP contribution < -0.4 is 14.4 Å². The van der Waals surface area contributed by atoms with Gasteiger partial charge in [0.15, 0.2) is 12.4 Å². The first kappa shape index (κ1) is 21.5. The first-order valence-corrected chi connectivity index (χ1v) is 11.1. The second-order valence-corrected chi connectivity index (χ2v) is 8.09.